The number of aromatic nitrogens is 2. The molecule has 0 saturated carbocycles. The van der Waals surface area contributed by atoms with Gasteiger partial charge in [-0.05, 0) is 65.5 Å². The van der Waals surface area contributed by atoms with Crippen LogP contribution in [0.4, 0.5) is 0 Å². The Morgan fingerprint density at radius 1 is 0.811 bits per heavy atom. The Hall–Kier alpha value is -3.34. The number of furan rings is 1. The molecule has 0 aliphatic rings. The maximum Gasteiger partial charge on any atom is 0.162 e. The zero-order valence-corrected chi connectivity index (χ0v) is 37.3. The van der Waals surface area contributed by atoms with E-state index in [1.165, 1.54) is 28.2 Å². The van der Waals surface area contributed by atoms with Gasteiger partial charge in [-0.1, -0.05) is 132 Å². The zero-order chi connectivity index (χ0) is 38.9. The van der Waals surface area contributed by atoms with Crippen LogP contribution in [0.3, 0.4) is 0 Å². The van der Waals surface area contributed by atoms with E-state index >= 15 is 0 Å². The fraction of sp³-hybridized carbons (Fsp3) is 0.511. The molecular formula is C47H63IrN2O3-. The van der Waals surface area contributed by atoms with E-state index in [1.807, 2.05) is 0 Å². The van der Waals surface area contributed by atoms with Crippen LogP contribution in [0.15, 0.2) is 65.0 Å². The minimum Gasteiger partial charge on any atom is -0.512 e. The molecule has 6 heteroatoms. The second kappa shape index (κ2) is 17.4. The maximum absolute atomic E-state index is 12.3. The summed E-state index contributed by atoms with van der Waals surface area (Å²) in [6, 6.07) is 18.9. The molecule has 2 aromatic heterocycles. The summed E-state index contributed by atoms with van der Waals surface area (Å²) in [6.07, 6.45) is 4.11. The van der Waals surface area contributed by atoms with Crippen molar-refractivity contribution < 1.29 is 34.4 Å². The number of rotatable bonds is 9. The standard InChI is InChI=1S/C30H31N2O.C17H32O2.Ir/c1-18-8-10-20-14-21(15-24(23(20)12-18)30(5,6)7)26-28-27(32-17-31-26)22-11-9-19(13-25(22)33-28)16-29(2,3)4;1-10(2)16(11(3)4)14(18)9-15(19)17(12(5)6)13(7)8;/h8-13,15,17H,16H2,1-7H3;9-13,16-18H,1-8H3;/q-1;;/b;14-9-;. The summed E-state index contributed by atoms with van der Waals surface area (Å²) in [7, 11) is 0. The van der Waals surface area contributed by atoms with Crippen molar-refractivity contribution in [2.45, 2.75) is 116 Å². The van der Waals surface area contributed by atoms with Gasteiger partial charge >= 0.3 is 0 Å². The van der Waals surface area contributed by atoms with Crippen molar-refractivity contribution in [3.05, 3.63) is 83.4 Å². The molecule has 0 atom stereocenters. The number of aryl methyl sites for hydroxylation is 1. The van der Waals surface area contributed by atoms with Gasteiger partial charge in [-0.3, -0.25) is 9.78 Å². The Labute approximate surface area is 332 Å². The van der Waals surface area contributed by atoms with Crippen LogP contribution in [0.2, 0.25) is 0 Å². The predicted octanol–water partition coefficient (Wildman–Crippen LogP) is 13.0. The molecule has 0 fully saturated rings. The van der Waals surface area contributed by atoms with Gasteiger partial charge in [0.25, 0.3) is 0 Å². The second-order valence-electron chi connectivity index (χ2n) is 18.5. The number of nitrogens with zero attached hydrogens (tertiary/aromatic N) is 2. The van der Waals surface area contributed by atoms with Crippen molar-refractivity contribution in [1.29, 1.82) is 0 Å². The van der Waals surface area contributed by atoms with Gasteiger partial charge in [-0.2, -0.15) is 0 Å². The number of aliphatic hydroxyl groups excluding tert-OH is 1. The van der Waals surface area contributed by atoms with Crippen LogP contribution < -0.4 is 0 Å². The zero-order valence-electron chi connectivity index (χ0n) is 34.9. The van der Waals surface area contributed by atoms with Crippen molar-refractivity contribution in [1.82, 2.24) is 9.97 Å². The third-order valence-electron chi connectivity index (χ3n) is 9.97. The van der Waals surface area contributed by atoms with E-state index in [9.17, 15) is 9.90 Å². The van der Waals surface area contributed by atoms with Gasteiger partial charge < -0.3 is 9.52 Å². The third kappa shape index (κ3) is 10.7. The Morgan fingerprint density at radius 3 is 1.96 bits per heavy atom. The van der Waals surface area contributed by atoms with Crippen LogP contribution in [0.25, 0.3) is 44.1 Å². The van der Waals surface area contributed by atoms with Crippen LogP contribution in [-0.2, 0) is 36.7 Å². The summed E-state index contributed by atoms with van der Waals surface area (Å²) >= 11 is 0. The van der Waals surface area contributed by atoms with Crippen molar-refractivity contribution in [2.75, 3.05) is 0 Å². The summed E-state index contributed by atoms with van der Waals surface area (Å²) in [6.45, 7) is 32.2. The molecule has 0 spiro atoms. The molecule has 0 unspecified atom stereocenters. The van der Waals surface area contributed by atoms with Gasteiger partial charge in [0.1, 0.15) is 23.0 Å². The fourth-order valence-corrected chi connectivity index (χ4v) is 7.89. The molecule has 53 heavy (non-hydrogen) atoms. The molecule has 5 rings (SSSR count). The van der Waals surface area contributed by atoms with Crippen LogP contribution in [-0.4, -0.2) is 20.9 Å². The molecule has 0 aliphatic heterocycles. The molecule has 289 valence electrons. The van der Waals surface area contributed by atoms with Gasteiger partial charge in [0, 0.05) is 43.4 Å². The molecule has 5 nitrogen and oxygen atoms in total. The first-order valence-corrected chi connectivity index (χ1v) is 19.2. The van der Waals surface area contributed by atoms with Crippen molar-refractivity contribution >= 4 is 38.6 Å². The maximum atomic E-state index is 12.3. The van der Waals surface area contributed by atoms with Crippen LogP contribution in [0.1, 0.15) is 114 Å². The largest absolute Gasteiger partial charge is 0.512 e. The average molecular weight is 896 g/mol. The van der Waals surface area contributed by atoms with Gasteiger partial charge in [0.05, 0.1) is 11.5 Å². The van der Waals surface area contributed by atoms with Crippen LogP contribution in [0.5, 0.6) is 0 Å². The smallest absolute Gasteiger partial charge is 0.162 e. The van der Waals surface area contributed by atoms with E-state index < -0.39 is 0 Å². The average Bonchev–Trinajstić information content (AvgIpc) is 3.36. The first-order valence-electron chi connectivity index (χ1n) is 19.2. The Bertz CT molecular complexity index is 2040. The van der Waals surface area contributed by atoms with Gasteiger partial charge in [-0.25, -0.2) is 4.98 Å². The van der Waals surface area contributed by atoms with E-state index in [0.717, 1.165) is 45.1 Å². The van der Waals surface area contributed by atoms with Crippen molar-refractivity contribution in [2.24, 2.45) is 40.9 Å². The summed E-state index contributed by atoms with van der Waals surface area (Å²) in [4.78, 5) is 21.6. The molecule has 5 aromatic rings. The topological polar surface area (TPSA) is 76.2 Å². The molecule has 2 heterocycles. The molecule has 0 saturated heterocycles. The number of hydrogen-bond donors (Lipinski definition) is 1. The minimum atomic E-state index is -0.0161. The van der Waals surface area contributed by atoms with Gasteiger partial charge in [-0.15, -0.1) is 29.1 Å². The van der Waals surface area contributed by atoms with E-state index in [0.29, 0.717) is 23.7 Å². The van der Waals surface area contributed by atoms with Gasteiger partial charge in [0.2, 0.25) is 0 Å². The summed E-state index contributed by atoms with van der Waals surface area (Å²) in [5, 5.41) is 13.6. The van der Waals surface area contributed by atoms with E-state index in [4.69, 9.17) is 4.42 Å². The Kier molecular flexibility index (Phi) is 14.5. The predicted molar refractivity (Wildman–Crippen MR) is 220 cm³/mol. The number of allylic oxidation sites excluding steroid dienone is 2. The fourth-order valence-electron chi connectivity index (χ4n) is 7.89. The molecule has 1 N–H and O–H groups in total. The quantitative estimate of drug-likeness (QED) is 0.0906. The number of carbonyl (C=O) groups is 1. The number of ketones is 1. The van der Waals surface area contributed by atoms with E-state index in [2.05, 4.69) is 162 Å². The monoisotopic (exact) mass is 896 g/mol. The third-order valence-corrected chi connectivity index (χ3v) is 9.97. The number of carbonyl (C=O) groups excluding carboxylic acids is 1. The SMILES string of the molecule is CC(C)C(C(=O)/C=C(\O)C(C(C)C)C(C)C)C(C)C.Cc1ccc2[c-]c(-c3ncnc4c3oc3cc(CC(C)(C)C)ccc34)cc(C(C)(C)C)c2c1.[Ir]. The van der Waals surface area contributed by atoms with Crippen LogP contribution >= 0.6 is 0 Å². The molecule has 1 radical (unpaired) electrons. The summed E-state index contributed by atoms with van der Waals surface area (Å²) < 4.78 is 6.40. The number of benzene rings is 3. The molecule has 3 aromatic carbocycles. The Morgan fingerprint density at radius 2 is 1.42 bits per heavy atom. The second-order valence-corrected chi connectivity index (χ2v) is 18.5. The van der Waals surface area contributed by atoms with E-state index in [-0.39, 0.29) is 54.3 Å². The Balaban J connectivity index is 0.000000327. The van der Waals surface area contributed by atoms with Crippen LogP contribution in [0, 0.1) is 53.9 Å². The first kappa shape index (κ1) is 44.1. The minimum absolute atomic E-state index is 0. The molecule has 0 amide bonds. The van der Waals surface area contributed by atoms with E-state index in [1.54, 1.807) is 6.33 Å². The first-order chi connectivity index (χ1) is 24.1. The van der Waals surface area contributed by atoms with Crippen molar-refractivity contribution in [3.8, 4) is 11.3 Å². The number of fused-ring (bicyclic) bond motifs is 4. The number of aliphatic hydroxyl groups is 1. The normalized spacial score (nSPS) is 12.9. The van der Waals surface area contributed by atoms with Crippen molar-refractivity contribution in [3.63, 3.8) is 0 Å². The molecular weight excluding hydrogens is 833 g/mol. The number of hydrogen-bond acceptors (Lipinski definition) is 5. The van der Waals surface area contributed by atoms with Gasteiger partial charge in [0.15, 0.2) is 5.78 Å². The summed E-state index contributed by atoms with van der Waals surface area (Å²) in [5.74, 6) is 1.63. The molecule has 0 bridgehead atoms. The molecule has 0 aliphatic carbocycles. The summed E-state index contributed by atoms with van der Waals surface area (Å²) in [5.41, 5.74) is 8.18.